The molecule has 0 unspecified atom stereocenters. The molecule has 0 aromatic carbocycles. The highest BCUT2D eigenvalue weighted by atomic mass is 35.5. The molecule has 0 bridgehead atoms. The Hall–Kier alpha value is -3.48. The molecule has 0 aliphatic heterocycles. The number of hydrogen-bond acceptors (Lipinski definition) is 10. The topological polar surface area (TPSA) is 212 Å². The van der Waals surface area contributed by atoms with Crippen LogP contribution in [0.2, 0.25) is 0 Å². The number of nitrogens with two attached hydrogens (primary N) is 1. The van der Waals surface area contributed by atoms with Crippen LogP contribution in [0.5, 0.6) is 0 Å². The van der Waals surface area contributed by atoms with Gasteiger partial charge in [-0.1, -0.05) is 27.2 Å². The summed E-state index contributed by atoms with van der Waals surface area (Å²) in [6.07, 6.45) is 3.35. The summed E-state index contributed by atoms with van der Waals surface area (Å²) in [4.78, 5) is 80.4. The first-order chi connectivity index (χ1) is 17.0. The lowest BCUT2D eigenvalue weighted by atomic mass is 10.2. The Morgan fingerprint density at radius 1 is 0.763 bits per heavy atom. The van der Waals surface area contributed by atoms with Gasteiger partial charge in [-0.05, 0) is 43.7 Å². The van der Waals surface area contributed by atoms with Crippen LogP contribution in [0.3, 0.4) is 0 Å². The minimum Gasteiger partial charge on any atom is -0.481 e. The van der Waals surface area contributed by atoms with Crippen LogP contribution in [0.25, 0.3) is 0 Å². The van der Waals surface area contributed by atoms with Crippen LogP contribution in [0.1, 0.15) is 47.0 Å². The third kappa shape index (κ3) is 69.8. The summed E-state index contributed by atoms with van der Waals surface area (Å²) in [5, 5.41) is 15.2. The number of carbonyl (C=O) groups is 8. The number of esters is 1. The summed E-state index contributed by atoms with van der Waals surface area (Å²) < 4.78 is 4.52. The number of aliphatic carboxylic acids is 2. The van der Waals surface area contributed by atoms with Crippen LogP contribution in [0.15, 0.2) is 38.0 Å². The van der Waals surface area contributed by atoms with Gasteiger partial charge in [-0.2, -0.15) is 0 Å². The van der Waals surface area contributed by atoms with Gasteiger partial charge in [0.1, 0.15) is 12.4 Å². The summed E-state index contributed by atoms with van der Waals surface area (Å²) in [7, 11) is 0. The van der Waals surface area contributed by atoms with Crippen molar-refractivity contribution in [3.05, 3.63) is 38.0 Å². The fraction of sp³-hybridized carbons (Fsp3) is 0.417. The minimum absolute atomic E-state index is 0. The van der Waals surface area contributed by atoms with Crippen molar-refractivity contribution in [2.75, 3.05) is 19.0 Å². The number of carbonyl (C=O) groups excluding carboxylic acids is 6. The van der Waals surface area contributed by atoms with Gasteiger partial charge in [-0.25, -0.2) is 0 Å². The van der Waals surface area contributed by atoms with Gasteiger partial charge >= 0.3 is 17.9 Å². The average Bonchev–Trinajstić information content (AvgIpc) is 2.85. The molecular weight excluding hydrogens is 549 g/mol. The molecule has 0 atom stereocenters. The van der Waals surface area contributed by atoms with E-state index in [1.54, 1.807) is 0 Å². The number of carboxylic acids is 2. The maximum atomic E-state index is 10.8. The Balaban J connectivity index is -0.0000000896. The highest BCUT2D eigenvalue weighted by molar-refractivity contribution is 6.66. The first-order valence-electron chi connectivity index (χ1n) is 10.0. The Labute approximate surface area is 232 Å². The van der Waals surface area contributed by atoms with E-state index < -0.39 is 23.2 Å². The van der Waals surface area contributed by atoms with Crippen LogP contribution >= 0.6 is 23.2 Å². The average molecular weight is 586 g/mol. The summed E-state index contributed by atoms with van der Waals surface area (Å²) in [6, 6.07) is 0. The molecule has 0 rings (SSSR count). The van der Waals surface area contributed by atoms with Gasteiger partial charge in [0.25, 0.3) is 0 Å². The molecule has 38 heavy (non-hydrogen) atoms. The molecule has 218 valence electrons. The molecule has 12 nitrogen and oxygen atoms in total. The second-order valence-electron chi connectivity index (χ2n) is 6.04. The highest BCUT2D eigenvalue weighted by Crippen LogP contribution is 1.95. The number of carboxylic acid groups (broad SMARTS) is 2. The Bertz CT molecular complexity index is 780. The number of hydrogen-bond donors (Lipinski definition) is 3. The molecule has 0 aromatic heterocycles. The van der Waals surface area contributed by atoms with Crippen LogP contribution < -0.4 is 5.73 Å². The number of alkyl halides is 1. The normalized spacial score (nSPS) is 7.92. The SMILES string of the molecule is C.C=CC(=O)CCC(=O)O.C=CC(=O)CCC(=O)OCC(C)=O.C=CC(=O)Cl.CC(=O)CCl.NCC(=O)O. The zero-order valence-electron chi connectivity index (χ0n) is 20.7. The number of ether oxygens (including phenoxy) is 1. The molecule has 0 saturated carbocycles. The molecular formula is C24H37Cl2NO11. The molecule has 0 radical (unpaired) electrons. The Morgan fingerprint density at radius 2 is 1.11 bits per heavy atom. The van der Waals surface area contributed by atoms with Crippen molar-refractivity contribution < 1.29 is 53.3 Å². The number of halogens is 2. The van der Waals surface area contributed by atoms with E-state index >= 15 is 0 Å². The summed E-state index contributed by atoms with van der Waals surface area (Å²) in [5.41, 5.74) is 4.57. The zero-order valence-corrected chi connectivity index (χ0v) is 22.2. The summed E-state index contributed by atoms with van der Waals surface area (Å²) in [6.45, 7) is 11.8. The van der Waals surface area contributed by atoms with Gasteiger partial charge in [0.05, 0.1) is 25.3 Å². The lowest BCUT2D eigenvalue weighted by Crippen LogP contribution is -2.11. The summed E-state index contributed by atoms with van der Waals surface area (Å²) in [5.74, 6) is -2.95. The predicted octanol–water partition coefficient (Wildman–Crippen LogP) is 2.68. The van der Waals surface area contributed by atoms with Crippen molar-refractivity contribution in [3.63, 3.8) is 0 Å². The maximum Gasteiger partial charge on any atom is 0.317 e. The molecule has 0 amide bonds. The van der Waals surface area contributed by atoms with Crippen LogP contribution in [-0.2, 0) is 43.1 Å². The largest absolute Gasteiger partial charge is 0.481 e. The molecule has 0 aromatic rings. The van der Waals surface area contributed by atoms with Crippen molar-refractivity contribution in [2.45, 2.75) is 47.0 Å². The lowest BCUT2D eigenvalue weighted by Gasteiger charge is -1.99. The van der Waals surface area contributed by atoms with E-state index in [4.69, 9.17) is 33.4 Å². The van der Waals surface area contributed by atoms with Crippen molar-refractivity contribution in [2.24, 2.45) is 5.73 Å². The molecule has 0 spiro atoms. The number of rotatable bonds is 13. The van der Waals surface area contributed by atoms with Gasteiger partial charge in [0.15, 0.2) is 17.3 Å². The van der Waals surface area contributed by atoms with E-state index in [2.05, 4.69) is 30.2 Å². The second kappa shape index (κ2) is 35.7. The maximum absolute atomic E-state index is 10.8. The van der Waals surface area contributed by atoms with Gasteiger partial charge in [-0.3, -0.25) is 38.4 Å². The molecule has 0 aliphatic carbocycles. The molecule has 0 aliphatic rings. The monoisotopic (exact) mass is 585 g/mol. The number of allylic oxidation sites excluding steroid dienone is 3. The summed E-state index contributed by atoms with van der Waals surface area (Å²) >= 11 is 9.69. The molecule has 0 saturated heterocycles. The van der Waals surface area contributed by atoms with E-state index in [1.807, 2.05) is 0 Å². The molecule has 4 N–H and O–H groups in total. The first-order valence-corrected chi connectivity index (χ1v) is 10.9. The van der Waals surface area contributed by atoms with Crippen LogP contribution in [0.4, 0.5) is 0 Å². The zero-order chi connectivity index (χ0) is 30.4. The van der Waals surface area contributed by atoms with E-state index in [1.165, 1.54) is 13.8 Å². The molecule has 0 fully saturated rings. The van der Waals surface area contributed by atoms with Crippen LogP contribution in [-0.4, -0.2) is 75.5 Å². The van der Waals surface area contributed by atoms with Crippen molar-refractivity contribution >= 4 is 69.5 Å². The minimum atomic E-state index is -0.968. The van der Waals surface area contributed by atoms with Crippen molar-refractivity contribution in [1.29, 1.82) is 0 Å². The number of ketones is 4. The van der Waals surface area contributed by atoms with Gasteiger partial charge in [-0.15, -0.1) is 11.6 Å². The van der Waals surface area contributed by atoms with Crippen molar-refractivity contribution in [1.82, 2.24) is 0 Å². The quantitative estimate of drug-likeness (QED) is 0.123. The lowest BCUT2D eigenvalue weighted by molar-refractivity contribution is -0.148. The Morgan fingerprint density at radius 3 is 1.32 bits per heavy atom. The van der Waals surface area contributed by atoms with Gasteiger partial charge in [0.2, 0.25) is 5.24 Å². The standard InChI is InChI=1S/C9H12O4.C6H8O3.C3H5ClO.C3H3ClO.C2H5NO2.CH4/c1-3-8(11)4-5-9(12)13-6-7(2)10;1-2-5(7)3-4-6(8)9;1-3(5)2-4;1-2-3(4)5;3-1-2(4)5;/h3H,1,4-6H2,2H3;2H,1,3-4H2,(H,8,9);2H2,1H3;2H,1H2;1,3H2,(H,4,5);1H4. The van der Waals surface area contributed by atoms with Crippen LogP contribution in [0, 0.1) is 0 Å². The fourth-order valence-electron chi connectivity index (χ4n) is 0.914. The highest BCUT2D eigenvalue weighted by Gasteiger charge is 2.06. The van der Waals surface area contributed by atoms with E-state index in [0.29, 0.717) is 0 Å². The van der Waals surface area contributed by atoms with Gasteiger partial charge in [0, 0.05) is 12.8 Å². The van der Waals surface area contributed by atoms with Crippen molar-refractivity contribution in [3.8, 4) is 0 Å². The van der Waals surface area contributed by atoms with E-state index in [0.717, 1.165) is 18.2 Å². The third-order valence-corrected chi connectivity index (χ3v) is 3.11. The fourth-order valence-corrected chi connectivity index (χ4v) is 0.914. The van der Waals surface area contributed by atoms with E-state index in [9.17, 15) is 38.4 Å². The predicted molar refractivity (Wildman–Crippen MR) is 144 cm³/mol. The van der Waals surface area contributed by atoms with Gasteiger partial charge < -0.3 is 20.7 Å². The smallest absolute Gasteiger partial charge is 0.317 e. The number of Topliss-reactive ketones (excluding diaryl/α,β-unsaturated/α-hetero) is 2. The Kier molecular flexibility index (Phi) is 44.8. The third-order valence-electron chi connectivity index (χ3n) is 2.58. The molecule has 0 heterocycles. The van der Waals surface area contributed by atoms with E-state index in [-0.39, 0.29) is 75.3 Å². The molecule has 14 heteroatoms. The second-order valence-corrected chi connectivity index (χ2v) is 6.68. The first kappa shape index (κ1) is 47.7.